The van der Waals surface area contributed by atoms with Gasteiger partial charge in [-0.3, -0.25) is 0 Å². The van der Waals surface area contributed by atoms with Crippen LogP contribution in [0.4, 0.5) is 0 Å². The zero-order valence-corrected chi connectivity index (χ0v) is 23.7. The molecule has 0 saturated carbocycles. The number of carbonyl (C=O) groups is 1. The van der Waals surface area contributed by atoms with E-state index in [0.717, 1.165) is 0 Å². The summed E-state index contributed by atoms with van der Waals surface area (Å²) < 4.78 is 28.3. The van der Waals surface area contributed by atoms with E-state index in [9.17, 15) is 30.3 Å². The molecule has 0 aromatic carbocycles. The van der Waals surface area contributed by atoms with Crippen LogP contribution >= 0.6 is 0 Å². The smallest absolute Gasteiger partial charge is 0.338 e. The fourth-order valence-electron chi connectivity index (χ4n) is 5.30. The number of hydrogen-bond donors (Lipinski definition) is 5. The summed E-state index contributed by atoms with van der Waals surface area (Å²) >= 11 is 0. The molecule has 11 heteroatoms. The second kappa shape index (κ2) is 14.0. The van der Waals surface area contributed by atoms with Crippen molar-refractivity contribution in [1.82, 2.24) is 0 Å². The van der Waals surface area contributed by atoms with Crippen molar-refractivity contribution in [2.45, 2.75) is 114 Å². The molecule has 0 amide bonds. The lowest BCUT2D eigenvalue weighted by Gasteiger charge is -2.54. The molecule has 5 unspecified atom stereocenters. The summed E-state index contributed by atoms with van der Waals surface area (Å²) in [5.74, 6) is -3.29. The summed E-state index contributed by atoms with van der Waals surface area (Å²) in [6.07, 6.45) is -5.71. The Balaban J connectivity index is 2.56. The molecule has 5 N–H and O–H groups in total. The van der Waals surface area contributed by atoms with Crippen molar-refractivity contribution in [1.29, 1.82) is 0 Å². The Morgan fingerprint density at radius 1 is 1.05 bits per heavy atom. The molecule has 0 aliphatic carbocycles. The van der Waals surface area contributed by atoms with Gasteiger partial charge >= 0.3 is 5.97 Å². The standard InChI is InChI=1S/C27H48O11/c1-8-16(14-28)9-15(2)19-10-17(34-5)13-22(29)26(3,4)27(33)24(31)21(36-7)12-18(38-27)11-20(35-6)23(30)25(32)37-19/h9,16-24,28-31,33H,8,10-14H2,1-7H3/b15-9-/t16-,17?,18+,19+,20?,21-,22?,23?,24-,27?/m1/s1. The molecule has 0 aromatic rings. The van der Waals surface area contributed by atoms with Crippen molar-refractivity contribution in [3.8, 4) is 0 Å². The van der Waals surface area contributed by atoms with Gasteiger partial charge in [-0.25, -0.2) is 4.79 Å². The van der Waals surface area contributed by atoms with Gasteiger partial charge in [-0.05, 0) is 18.9 Å². The van der Waals surface area contributed by atoms with E-state index in [2.05, 4.69) is 0 Å². The predicted octanol–water partition coefficient (Wildman–Crippen LogP) is 0.678. The predicted molar refractivity (Wildman–Crippen MR) is 137 cm³/mol. The average Bonchev–Trinajstić information content (AvgIpc) is 2.89. The van der Waals surface area contributed by atoms with E-state index in [1.807, 2.05) is 13.0 Å². The van der Waals surface area contributed by atoms with E-state index >= 15 is 0 Å². The number of esters is 1. The van der Waals surface area contributed by atoms with Gasteiger partial charge in [-0.15, -0.1) is 0 Å². The molecule has 222 valence electrons. The highest BCUT2D eigenvalue weighted by atomic mass is 16.7. The van der Waals surface area contributed by atoms with E-state index in [4.69, 9.17) is 23.7 Å². The Morgan fingerprint density at radius 3 is 2.18 bits per heavy atom. The fourth-order valence-corrected chi connectivity index (χ4v) is 5.30. The third-order valence-electron chi connectivity index (χ3n) is 8.37. The van der Waals surface area contributed by atoms with Gasteiger partial charge in [0.2, 0.25) is 5.79 Å². The minimum atomic E-state index is -2.23. The first kappa shape index (κ1) is 33.1. The first-order chi connectivity index (χ1) is 17.8. The van der Waals surface area contributed by atoms with Crippen LogP contribution in [0.2, 0.25) is 0 Å². The molecule has 2 rings (SSSR count). The Labute approximate surface area is 225 Å². The number of aliphatic hydroxyl groups is 5. The van der Waals surface area contributed by atoms with Crippen molar-refractivity contribution in [3.05, 3.63) is 11.6 Å². The lowest BCUT2D eigenvalue weighted by atomic mass is 9.70. The minimum absolute atomic E-state index is 0.0174. The quantitative estimate of drug-likeness (QED) is 0.224. The second-order valence-electron chi connectivity index (χ2n) is 11.1. The topological polar surface area (TPSA) is 164 Å². The van der Waals surface area contributed by atoms with Gasteiger partial charge in [0, 0.05) is 65.0 Å². The third-order valence-corrected chi connectivity index (χ3v) is 8.37. The first-order valence-corrected chi connectivity index (χ1v) is 13.3. The molecule has 0 radical (unpaired) electrons. The molecule has 10 atom stereocenters. The van der Waals surface area contributed by atoms with Gasteiger partial charge in [-0.2, -0.15) is 0 Å². The monoisotopic (exact) mass is 548 g/mol. The summed E-state index contributed by atoms with van der Waals surface area (Å²) in [6.45, 7) is 6.81. The van der Waals surface area contributed by atoms with E-state index in [1.54, 1.807) is 20.8 Å². The van der Waals surface area contributed by atoms with Crippen molar-refractivity contribution in [3.63, 3.8) is 0 Å². The zero-order valence-electron chi connectivity index (χ0n) is 23.7. The lowest BCUT2D eigenvalue weighted by molar-refractivity contribution is -0.379. The summed E-state index contributed by atoms with van der Waals surface area (Å²) in [5.41, 5.74) is -0.730. The molecular weight excluding hydrogens is 500 g/mol. The van der Waals surface area contributed by atoms with E-state index in [-0.39, 0.29) is 38.2 Å². The van der Waals surface area contributed by atoms with E-state index in [0.29, 0.717) is 12.0 Å². The Morgan fingerprint density at radius 2 is 1.66 bits per heavy atom. The number of carbonyl (C=O) groups excluding carboxylic acids is 1. The lowest BCUT2D eigenvalue weighted by Crippen LogP contribution is -2.68. The van der Waals surface area contributed by atoms with Gasteiger partial charge in [0.05, 0.1) is 30.5 Å². The zero-order chi connectivity index (χ0) is 28.8. The number of cyclic esters (lactones) is 1. The van der Waals surface area contributed by atoms with Gasteiger partial charge < -0.3 is 49.2 Å². The maximum atomic E-state index is 13.1. The molecule has 2 bridgehead atoms. The van der Waals surface area contributed by atoms with E-state index < -0.39 is 66.0 Å². The average molecular weight is 549 g/mol. The SMILES string of the molecule is CC[C@H](/C=C(/C)[C@@H]1CC(OC)CC(O)C(C)(C)C2(O)O[C@@H](CC(OC)C(O)C(=O)O1)C[C@@H](OC)[C@H]2O)CO. The van der Waals surface area contributed by atoms with Crippen LogP contribution in [0.25, 0.3) is 0 Å². The van der Waals surface area contributed by atoms with Crippen LogP contribution in [0.5, 0.6) is 0 Å². The molecule has 2 aliphatic heterocycles. The second-order valence-corrected chi connectivity index (χ2v) is 11.1. The molecule has 38 heavy (non-hydrogen) atoms. The summed E-state index contributed by atoms with van der Waals surface area (Å²) in [6, 6.07) is 0. The molecule has 11 nitrogen and oxygen atoms in total. The summed E-state index contributed by atoms with van der Waals surface area (Å²) in [5, 5.41) is 54.7. The van der Waals surface area contributed by atoms with Gasteiger partial charge in [0.15, 0.2) is 6.10 Å². The maximum Gasteiger partial charge on any atom is 0.338 e. The normalized spacial score (nSPS) is 40.2. The van der Waals surface area contributed by atoms with Crippen molar-refractivity contribution >= 4 is 5.97 Å². The highest BCUT2D eigenvalue weighted by molar-refractivity contribution is 5.75. The maximum absolute atomic E-state index is 13.1. The number of aliphatic hydroxyl groups excluding tert-OH is 4. The summed E-state index contributed by atoms with van der Waals surface area (Å²) in [7, 11) is 4.20. The highest BCUT2D eigenvalue weighted by Gasteiger charge is 2.60. The van der Waals surface area contributed by atoms with Gasteiger partial charge in [0.25, 0.3) is 0 Å². The van der Waals surface area contributed by atoms with Crippen LogP contribution in [-0.4, -0.2) is 114 Å². The first-order valence-electron chi connectivity index (χ1n) is 13.3. The number of methoxy groups -OCH3 is 3. The number of fused-ring (bicyclic) bond motifs is 2. The van der Waals surface area contributed by atoms with Crippen LogP contribution in [0.3, 0.4) is 0 Å². The molecule has 2 heterocycles. The fraction of sp³-hybridized carbons (Fsp3) is 0.889. The molecule has 0 spiro atoms. The molecule has 2 saturated heterocycles. The van der Waals surface area contributed by atoms with Crippen molar-refractivity contribution < 1.29 is 54.0 Å². The Bertz CT molecular complexity index is 783. The summed E-state index contributed by atoms with van der Waals surface area (Å²) in [4.78, 5) is 13.1. The van der Waals surface area contributed by atoms with Gasteiger partial charge in [-0.1, -0.05) is 26.8 Å². The highest BCUT2D eigenvalue weighted by Crippen LogP contribution is 2.46. The number of ether oxygens (including phenoxy) is 5. The van der Waals surface area contributed by atoms with Crippen LogP contribution in [0.15, 0.2) is 11.6 Å². The van der Waals surface area contributed by atoms with Crippen LogP contribution in [0, 0.1) is 11.3 Å². The van der Waals surface area contributed by atoms with Crippen molar-refractivity contribution in [2.75, 3.05) is 27.9 Å². The van der Waals surface area contributed by atoms with Gasteiger partial charge in [0.1, 0.15) is 12.2 Å². The number of hydrogen-bond acceptors (Lipinski definition) is 11. The molecule has 2 fully saturated rings. The molecular formula is C27H48O11. The largest absolute Gasteiger partial charge is 0.456 e. The molecule has 0 aromatic heterocycles. The third kappa shape index (κ3) is 7.13. The van der Waals surface area contributed by atoms with E-state index in [1.165, 1.54) is 21.3 Å². The Hall–Kier alpha value is -1.15. The molecule has 2 aliphatic rings. The Kier molecular flexibility index (Phi) is 12.1. The van der Waals surface area contributed by atoms with Crippen molar-refractivity contribution in [2.24, 2.45) is 11.3 Å². The minimum Gasteiger partial charge on any atom is -0.456 e. The van der Waals surface area contributed by atoms with Crippen LogP contribution in [0.1, 0.15) is 59.8 Å². The number of rotatable bonds is 7. The van der Waals surface area contributed by atoms with Crippen LogP contribution < -0.4 is 0 Å². The van der Waals surface area contributed by atoms with Crippen LogP contribution in [-0.2, 0) is 28.5 Å².